The molecule has 0 aliphatic carbocycles. The van der Waals surface area contributed by atoms with Crippen molar-refractivity contribution in [3.8, 4) is 6.07 Å². The van der Waals surface area contributed by atoms with Crippen LogP contribution < -0.4 is 10.2 Å². The van der Waals surface area contributed by atoms with Crippen LogP contribution in [0.15, 0.2) is 24.3 Å². The SMILES string of the molecule is CC(C)(C#N)CNCc1ccc(N2CCCC2)cc1. The number of anilines is 1. The highest BCUT2D eigenvalue weighted by atomic mass is 15.1. The summed E-state index contributed by atoms with van der Waals surface area (Å²) in [7, 11) is 0. The van der Waals surface area contributed by atoms with Crippen molar-refractivity contribution in [2.45, 2.75) is 33.2 Å². The topological polar surface area (TPSA) is 39.1 Å². The molecule has 0 radical (unpaired) electrons. The molecule has 0 atom stereocenters. The summed E-state index contributed by atoms with van der Waals surface area (Å²) < 4.78 is 0. The van der Waals surface area contributed by atoms with Crippen LogP contribution in [0.5, 0.6) is 0 Å². The quantitative estimate of drug-likeness (QED) is 0.881. The Labute approximate surface area is 116 Å². The van der Waals surface area contributed by atoms with Gasteiger partial charge in [-0.25, -0.2) is 0 Å². The van der Waals surface area contributed by atoms with Crippen LogP contribution in [-0.4, -0.2) is 19.6 Å². The maximum atomic E-state index is 8.95. The summed E-state index contributed by atoms with van der Waals surface area (Å²) in [6.45, 7) is 7.83. The second kappa shape index (κ2) is 6.08. The predicted octanol–water partition coefficient (Wildman–Crippen LogP) is 2.93. The summed E-state index contributed by atoms with van der Waals surface area (Å²) in [5.74, 6) is 0. The highest BCUT2D eigenvalue weighted by Crippen LogP contribution is 2.20. The monoisotopic (exact) mass is 257 g/mol. The maximum Gasteiger partial charge on any atom is 0.0697 e. The Balaban J connectivity index is 1.84. The number of benzene rings is 1. The molecule has 0 amide bonds. The molecule has 0 unspecified atom stereocenters. The van der Waals surface area contributed by atoms with Crippen LogP contribution in [0.3, 0.4) is 0 Å². The number of nitriles is 1. The minimum absolute atomic E-state index is 0.296. The van der Waals surface area contributed by atoms with E-state index in [0.717, 1.165) is 13.1 Å². The smallest absolute Gasteiger partial charge is 0.0697 e. The summed E-state index contributed by atoms with van der Waals surface area (Å²) in [6.07, 6.45) is 2.62. The molecule has 0 spiro atoms. The van der Waals surface area contributed by atoms with Gasteiger partial charge in [0.1, 0.15) is 0 Å². The van der Waals surface area contributed by atoms with Crippen molar-refractivity contribution in [2.24, 2.45) is 5.41 Å². The maximum absolute atomic E-state index is 8.95. The Morgan fingerprint density at radius 1 is 1.21 bits per heavy atom. The Kier molecular flexibility index (Phi) is 4.44. The Morgan fingerprint density at radius 3 is 2.42 bits per heavy atom. The van der Waals surface area contributed by atoms with E-state index >= 15 is 0 Å². The molecule has 0 aromatic heterocycles. The zero-order valence-electron chi connectivity index (χ0n) is 11.9. The van der Waals surface area contributed by atoms with Gasteiger partial charge in [0, 0.05) is 31.9 Å². The molecule has 1 aromatic carbocycles. The lowest BCUT2D eigenvalue weighted by atomic mass is 9.96. The average molecular weight is 257 g/mol. The fraction of sp³-hybridized carbons (Fsp3) is 0.562. The van der Waals surface area contributed by atoms with Crippen molar-refractivity contribution in [3.63, 3.8) is 0 Å². The van der Waals surface area contributed by atoms with E-state index in [1.807, 2.05) is 13.8 Å². The number of hydrogen-bond donors (Lipinski definition) is 1. The highest BCUT2D eigenvalue weighted by Gasteiger charge is 2.15. The van der Waals surface area contributed by atoms with Gasteiger partial charge in [-0.05, 0) is 44.4 Å². The minimum atomic E-state index is -0.296. The molecular formula is C16H23N3. The largest absolute Gasteiger partial charge is 0.372 e. The third-order valence-corrected chi connectivity index (χ3v) is 3.61. The summed E-state index contributed by atoms with van der Waals surface area (Å²) in [5.41, 5.74) is 2.31. The average Bonchev–Trinajstić information content (AvgIpc) is 2.93. The lowest BCUT2D eigenvalue weighted by molar-refractivity contribution is 0.445. The number of hydrogen-bond acceptors (Lipinski definition) is 3. The van der Waals surface area contributed by atoms with Crippen molar-refractivity contribution in [3.05, 3.63) is 29.8 Å². The van der Waals surface area contributed by atoms with E-state index < -0.39 is 0 Å². The zero-order valence-corrected chi connectivity index (χ0v) is 11.9. The van der Waals surface area contributed by atoms with Crippen LogP contribution in [-0.2, 0) is 6.54 Å². The molecule has 1 saturated heterocycles. The molecule has 3 nitrogen and oxygen atoms in total. The van der Waals surface area contributed by atoms with Gasteiger partial charge in [0.05, 0.1) is 11.5 Å². The predicted molar refractivity (Wildman–Crippen MR) is 79.0 cm³/mol. The molecule has 1 aliphatic heterocycles. The molecule has 1 heterocycles. The van der Waals surface area contributed by atoms with Crippen LogP contribution in [0.1, 0.15) is 32.3 Å². The van der Waals surface area contributed by atoms with Gasteiger partial charge in [-0.15, -0.1) is 0 Å². The standard InChI is InChI=1S/C16H23N3/c1-16(2,12-17)13-18-11-14-5-7-15(8-6-14)19-9-3-4-10-19/h5-8,18H,3-4,9-11,13H2,1-2H3. The van der Waals surface area contributed by atoms with Crippen LogP contribution in [0.4, 0.5) is 5.69 Å². The third kappa shape index (κ3) is 3.97. The Hall–Kier alpha value is -1.53. The first kappa shape index (κ1) is 13.9. The Bertz CT molecular complexity index is 436. The molecule has 1 aromatic rings. The molecule has 102 valence electrons. The first-order valence-electron chi connectivity index (χ1n) is 7.07. The fourth-order valence-electron chi connectivity index (χ4n) is 2.36. The van der Waals surface area contributed by atoms with E-state index in [9.17, 15) is 0 Å². The highest BCUT2D eigenvalue weighted by molar-refractivity contribution is 5.48. The van der Waals surface area contributed by atoms with E-state index in [0.29, 0.717) is 0 Å². The van der Waals surface area contributed by atoms with Gasteiger partial charge in [-0.2, -0.15) is 5.26 Å². The molecule has 2 rings (SSSR count). The first-order chi connectivity index (χ1) is 9.11. The van der Waals surface area contributed by atoms with Gasteiger partial charge < -0.3 is 10.2 Å². The summed E-state index contributed by atoms with van der Waals surface area (Å²) in [4.78, 5) is 2.44. The normalized spacial score (nSPS) is 15.5. The zero-order chi connectivity index (χ0) is 13.7. The molecule has 3 heteroatoms. The van der Waals surface area contributed by atoms with Gasteiger partial charge in [-0.3, -0.25) is 0 Å². The molecule has 1 N–H and O–H groups in total. The third-order valence-electron chi connectivity index (χ3n) is 3.61. The number of rotatable bonds is 5. The summed E-state index contributed by atoms with van der Waals surface area (Å²) >= 11 is 0. The van der Waals surface area contributed by atoms with Crippen LogP contribution >= 0.6 is 0 Å². The van der Waals surface area contributed by atoms with Crippen molar-refractivity contribution < 1.29 is 0 Å². The first-order valence-corrected chi connectivity index (χ1v) is 7.07. The van der Waals surface area contributed by atoms with Crippen molar-refractivity contribution in [1.82, 2.24) is 5.32 Å². The van der Waals surface area contributed by atoms with Crippen molar-refractivity contribution in [1.29, 1.82) is 5.26 Å². The van der Waals surface area contributed by atoms with E-state index in [4.69, 9.17) is 5.26 Å². The second-order valence-electron chi connectivity index (χ2n) is 5.96. The molecular weight excluding hydrogens is 234 g/mol. The van der Waals surface area contributed by atoms with Gasteiger partial charge >= 0.3 is 0 Å². The lowest BCUT2D eigenvalue weighted by Gasteiger charge is -2.18. The second-order valence-corrected chi connectivity index (χ2v) is 5.96. The van der Waals surface area contributed by atoms with Gasteiger partial charge in [0.2, 0.25) is 0 Å². The van der Waals surface area contributed by atoms with Gasteiger partial charge in [0.25, 0.3) is 0 Å². The van der Waals surface area contributed by atoms with E-state index in [1.54, 1.807) is 0 Å². The van der Waals surface area contributed by atoms with Crippen LogP contribution in [0.2, 0.25) is 0 Å². The summed E-state index contributed by atoms with van der Waals surface area (Å²) in [5, 5.41) is 12.3. The van der Waals surface area contributed by atoms with Crippen LogP contribution in [0, 0.1) is 16.7 Å². The molecule has 0 bridgehead atoms. The molecule has 1 fully saturated rings. The fourth-order valence-corrected chi connectivity index (χ4v) is 2.36. The Morgan fingerprint density at radius 2 is 1.84 bits per heavy atom. The molecule has 1 aliphatic rings. The van der Waals surface area contributed by atoms with E-state index in [2.05, 4.69) is 40.6 Å². The van der Waals surface area contributed by atoms with Gasteiger partial charge in [-0.1, -0.05) is 12.1 Å². The van der Waals surface area contributed by atoms with Gasteiger partial charge in [0.15, 0.2) is 0 Å². The van der Waals surface area contributed by atoms with E-state index in [-0.39, 0.29) is 5.41 Å². The van der Waals surface area contributed by atoms with Crippen molar-refractivity contribution >= 4 is 5.69 Å². The van der Waals surface area contributed by atoms with Crippen LogP contribution in [0.25, 0.3) is 0 Å². The van der Waals surface area contributed by atoms with Crippen molar-refractivity contribution in [2.75, 3.05) is 24.5 Å². The number of nitrogens with one attached hydrogen (secondary N) is 1. The molecule has 0 saturated carbocycles. The number of nitrogens with zero attached hydrogens (tertiary/aromatic N) is 2. The lowest BCUT2D eigenvalue weighted by Crippen LogP contribution is -2.27. The summed E-state index contributed by atoms with van der Waals surface area (Å²) in [6, 6.07) is 11.1. The van der Waals surface area contributed by atoms with E-state index in [1.165, 1.54) is 37.2 Å². The molecule has 19 heavy (non-hydrogen) atoms. The minimum Gasteiger partial charge on any atom is -0.372 e.